The van der Waals surface area contributed by atoms with E-state index >= 15 is 0 Å². The van der Waals surface area contributed by atoms with Crippen molar-refractivity contribution in [3.8, 4) is 23.0 Å². The molecule has 2 heterocycles. The number of aryl methyl sites for hydroxylation is 3. The molecule has 0 saturated carbocycles. The van der Waals surface area contributed by atoms with Gasteiger partial charge in [-0.1, -0.05) is 29.5 Å². The van der Waals surface area contributed by atoms with Crippen LogP contribution in [0.1, 0.15) is 27.0 Å². The zero-order valence-corrected chi connectivity index (χ0v) is 16.1. The molecular weight excluding hydrogens is 364 g/mol. The number of hydrogen-bond acceptors (Lipinski definition) is 7. The van der Waals surface area contributed by atoms with Gasteiger partial charge in [-0.25, -0.2) is 0 Å². The monoisotopic (exact) mass is 382 g/mol. The maximum absolute atomic E-state index is 12.6. The summed E-state index contributed by atoms with van der Waals surface area (Å²) in [4.78, 5) is 12.6. The highest BCUT2D eigenvalue weighted by molar-refractivity contribution is 7.99. The maximum atomic E-state index is 12.6. The minimum absolute atomic E-state index is 0.0535. The quantitative estimate of drug-likeness (QED) is 0.479. The van der Waals surface area contributed by atoms with Gasteiger partial charge >= 0.3 is 0 Å². The van der Waals surface area contributed by atoms with E-state index in [1.807, 2.05) is 39.0 Å². The molecule has 27 heavy (non-hydrogen) atoms. The molecule has 6 nitrogen and oxygen atoms in total. The lowest BCUT2D eigenvalue weighted by atomic mass is 9.97. The number of nitrogens with zero attached hydrogens (tertiary/aromatic N) is 2. The number of carbonyl (C=O) groups is 1. The number of benzene rings is 2. The highest BCUT2D eigenvalue weighted by atomic mass is 32.2. The molecule has 0 radical (unpaired) electrons. The predicted molar refractivity (Wildman–Crippen MR) is 102 cm³/mol. The number of ether oxygens (including phenoxy) is 2. The SMILES string of the molecule is Cc1cc(C)c(C(=O)CSc2nnc(-c3ccc4c(c3)OCO4)o2)c(C)c1. The molecule has 1 aliphatic heterocycles. The second-order valence-corrected chi connectivity index (χ2v) is 7.35. The Morgan fingerprint density at radius 1 is 1.04 bits per heavy atom. The van der Waals surface area contributed by atoms with Crippen LogP contribution in [-0.4, -0.2) is 28.5 Å². The number of ketones is 1. The number of thioether (sulfide) groups is 1. The van der Waals surface area contributed by atoms with Crippen LogP contribution in [0.5, 0.6) is 11.5 Å². The molecule has 2 aromatic carbocycles. The van der Waals surface area contributed by atoms with Crippen LogP contribution in [0.15, 0.2) is 40.0 Å². The summed E-state index contributed by atoms with van der Waals surface area (Å²) in [5.41, 5.74) is 4.65. The Labute approximate surface area is 160 Å². The smallest absolute Gasteiger partial charge is 0.277 e. The first-order valence-corrected chi connectivity index (χ1v) is 9.47. The van der Waals surface area contributed by atoms with Crippen molar-refractivity contribution < 1.29 is 18.7 Å². The number of carbonyl (C=O) groups excluding carboxylic acids is 1. The Hall–Kier alpha value is -2.80. The predicted octanol–water partition coefficient (Wildman–Crippen LogP) is 4.37. The molecular formula is C20H18N2O4S. The summed E-state index contributed by atoms with van der Waals surface area (Å²) in [5.74, 6) is 2.03. The lowest BCUT2D eigenvalue weighted by Gasteiger charge is -2.09. The molecule has 0 N–H and O–H groups in total. The topological polar surface area (TPSA) is 74.5 Å². The molecule has 0 aliphatic carbocycles. The van der Waals surface area contributed by atoms with Crippen LogP contribution in [-0.2, 0) is 0 Å². The van der Waals surface area contributed by atoms with E-state index < -0.39 is 0 Å². The molecule has 7 heteroatoms. The van der Waals surface area contributed by atoms with Gasteiger partial charge in [-0.2, -0.15) is 0 Å². The fourth-order valence-electron chi connectivity index (χ4n) is 3.23. The molecule has 138 valence electrons. The Morgan fingerprint density at radius 3 is 2.56 bits per heavy atom. The molecule has 0 spiro atoms. The lowest BCUT2D eigenvalue weighted by Crippen LogP contribution is -2.07. The van der Waals surface area contributed by atoms with Gasteiger partial charge in [0.15, 0.2) is 17.3 Å². The largest absolute Gasteiger partial charge is 0.454 e. The van der Waals surface area contributed by atoms with Crippen LogP contribution in [0.25, 0.3) is 11.5 Å². The van der Waals surface area contributed by atoms with E-state index in [-0.39, 0.29) is 18.3 Å². The van der Waals surface area contributed by atoms with Crippen molar-refractivity contribution in [1.82, 2.24) is 10.2 Å². The van der Waals surface area contributed by atoms with Crippen molar-refractivity contribution >= 4 is 17.5 Å². The summed E-state index contributed by atoms with van der Waals surface area (Å²) >= 11 is 1.24. The van der Waals surface area contributed by atoms with Crippen molar-refractivity contribution in [2.75, 3.05) is 12.5 Å². The van der Waals surface area contributed by atoms with Gasteiger partial charge in [-0.3, -0.25) is 4.79 Å². The van der Waals surface area contributed by atoms with Crippen molar-refractivity contribution in [1.29, 1.82) is 0 Å². The van der Waals surface area contributed by atoms with E-state index in [9.17, 15) is 4.79 Å². The van der Waals surface area contributed by atoms with E-state index in [0.29, 0.717) is 22.6 Å². The number of aromatic nitrogens is 2. The third kappa shape index (κ3) is 3.55. The molecule has 0 saturated heterocycles. The molecule has 0 fully saturated rings. The number of hydrogen-bond donors (Lipinski definition) is 0. The van der Waals surface area contributed by atoms with Crippen LogP contribution in [0.3, 0.4) is 0 Å². The minimum atomic E-state index is 0.0535. The molecule has 3 aromatic rings. The zero-order chi connectivity index (χ0) is 19.0. The Bertz CT molecular complexity index is 1010. The van der Waals surface area contributed by atoms with Crippen molar-refractivity contribution in [2.24, 2.45) is 0 Å². The van der Waals surface area contributed by atoms with Gasteiger partial charge in [-0.15, -0.1) is 10.2 Å². The normalized spacial score (nSPS) is 12.4. The standard InChI is InChI=1S/C20H18N2O4S/c1-11-6-12(2)18(13(3)7-11)15(23)9-27-20-22-21-19(26-20)14-4-5-16-17(8-14)25-10-24-16/h4-8H,9-10H2,1-3H3. The summed E-state index contributed by atoms with van der Waals surface area (Å²) < 4.78 is 16.3. The number of rotatable bonds is 5. The van der Waals surface area contributed by atoms with Crippen LogP contribution in [0, 0.1) is 20.8 Å². The minimum Gasteiger partial charge on any atom is -0.454 e. The van der Waals surface area contributed by atoms with Crippen molar-refractivity contribution in [3.05, 3.63) is 52.6 Å². The van der Waals surface area contributed by atoms with Gasteiger partial charge in [0.2, 0.25) is 12.7 Å². The number of fused-ring (bicyclic) bond motifs is 1. The summed E-state index contributed by atoms with van der Waals surface area (Å²) in [5, 5.41) is 8.46. The van der Waals surface area contributed by atoms with Crippen LogP contribution in [0.4, 0.5) is 0 Å². The zero-order valence-electron chi connectivity index (χ0n) is 15.2. The van der Waals surface area contributed by atoms with E-state index in [1.54, 1.807) is 12.1 Å². The Balaban J connectivity index is 1.46. The second-order valence-electron chi connectivity index (χ2n) is 6.43. The average Bonchev–Trinajstić information content (AvgIpc) is 3.27. The first kappa shape index (κ1) is 17.6. The maximum Gasteiger partial charge on any atom is 0.277 e. The van der Waals surface area contributed by atoms with E-state index in [1.165, 1.54) is 11.8 Å². The Kier molecular flexibility index (Phi) is 4.61. The van der Waals surface area contributed by atoms with Gasteiger partial charge in [0, 0.05) is 11.1 Å². The highest BCUT2D eigenvalue weighted by Gasteiger charge is 2.18. The van der Waals surface area contributed by atoms with Gasteiger partial charge < -0.3 is 13.9 Å². The highest BCUT2D eigenvalue weighted by Crippen LogP contribution is 2.36. The lowest BCUT2D eigenvalue weighted by molar-refractivity contribution is 0.102. The van der Waals surface area contributed by atoms with Gasteiger partial charge in [0.1, 0.15) is 0 Å². The number of Topliss-reactive ketones (excluding diaryl/α,β-unsaturated/α-hetero) is 1. The van der Waals surface area contributed by atoms with Gasteiger partial charge in [0.05, 0.1) is 5.75 Å². The second kappa shape index (κ2) is 7.08. The fourth-order valence-corrected chi connectivity index (χ4v) is 3.87. The van der Waals surface area contributed by atoms with Crippen LogP contribution in [0.2, 0.25) is 0 Å². The molecule has 4 rings (SSSR count). The molecule has 1 aliphatic rings. The molecule has 0 unspecified atom stereocenters. The van der Waals surface area contributed by atoms with Gasteiger partial charge in [-0.05, 0) is 50.1 Å². The summed E-state index contributed by atoms with van der Waals surface area (Å²) in [6, 6.07) is 9.49. The van der Waals surface area contributed by atoms with Crippen LogP contribution < -0.4 is 9.47 Å². The van der Waals surface area contributed by atoms with E-state index in [4.69, 9.17) is 13.9 Å². The van der Waals surface area contributed by atoms with Crippen LogP contribution >= 0.6 is 11.8 Å². The molecule has 0 amide bonds. The van der Waals surface area contributed by atoms with Crippen molar-refractivity contribution in [3.63, 3.8) is 0 Å². The first-order chi connectivity index (χ1) is 13.0. The summed E-state index contributed by atoms with van der Waals surface area (Å²) in [6.07, 6.45) is 0. The fraction of sp³-hybridized carbons (Fsp3) is 0.250. The van der Waals surface area contributed by atoms with Crippen molar-refractivity contribution in [2.45, 2.75) is 26.0 Å². The van der Waals surface area contributed by atoms with Gasteiger partial charge in [0.25, 0.3) is 5.22 Å². The molecule has 1 aromatic heterocycles. The third-order valence-corrected chi connectivity index (χ3v) is 5.13. The molecule has 0 bridgehead atoms. The van der Waals surface area contributed by atoms with E-state index in [0.717, 1.165) is 27.8 Å². The van der Waals surface area contributed by atoms with E-state index in [2.05, 4.69) is 10.2 Å². The molecule has 0 atom stereocenters. The summed E-state index contributed by atoms with van der Waals surface area (Å²) in [6.45, 7) is 6.16. The average molecular weight is 382 g/mol. The third-order valence-electron chi connectivity index (χ3n) is 4.31. The summed E-state index contributed by atoms with van der Waals surface area (Å²) in [7, 11) is 0. The first-order valence-electron chi connectivity index (χ1n) is 8.48. The Morgan fingerprint density at radius 2 is 1.78 bits per heavy atom.